The van der Waals surface area contributed by atoms with Crippen molar-refractivity contribution in [1.82, 2.24) is 10.2 Å². The molecule has 11 heavy (non-hydrogen) atoms. The lowest BCUT2D eigenvalue weighted by Crippen LogP contribution is -2.39. The van der Waals surface area contributed by atoms with Gasteiger partial charge in [0.15, 0.2) is 0 Å². The average molecular weight is 156 g/mol. The van der Waals surface area contributed by atoms with Gasteiger partial charge in [-0.05, 0) is 39.0 Å². The molecule has 0 unspecified atom stereocenters. The first-order chi connectivity index (χ1) is 5.29. The Bertz CT molecular complexity index is 97.7. The van der Waals surface area contributed by atoms with Crippen molar-refractivity contribution >= 4 is 0 Å². The molecule has 1 fully saturated rings. The molecule has 0 amide bonds. The van der Waals surface area contributed by atoms with Gasteiger partial charge in [0.25, 0.3) is 0 Å². The molecule has 1 saturated heterocycles. The van der Waals surface area contributed by atoms with Crippen LogP contribution in [0.1, 0.15) is 26.7 Å². The minimum atomic E-state index is 0.645. The molecular weight excluding hydrogens is 136 g/mol. The van der Waals surface area contributed by atoms with E-state index in [1.807, 2.05) is 0 Å². The predicted octanol–water partition coefficient (Wildman–Crippen LogP) is 1.08. The third-order valence-electron chi connectivity index (χ3n) is 2.15. The zero-order valence-electron chi connectivity index (χ0n) is 7.77. The van der Waals surface area contributed by atoms with Crippen LogP contribution in [0, 0.1) is 0 Å². The number of likely N-dealkylation sites (tertiary alicyclic amines) is 1. The molecule has 1 aliphatic heterocycles. The Balaban J connectivity index is 1.80. The van der Waals surface area contributed by atoms with Gasteiger partial charge in [0.05, 0.1) is 0 Å². The predicted molar refractivity (Wildman–Crippen MR) is 48.8 cm³/mol. The van der Waals surface area contributed by atoms with Crippen molar-refractivity contribution in [3.05, 3.63) is 0 Å². The first-order valence-electron chi connectivity index (χ1n) is 4.75. The van der Waals surface area contributed by atoms with Crippen LogP contribution in [0.15, 0.2) is 0 Å². The van der Waals surface area contributed by atoms with E-state index in [9.17, 15) is 0 Å². The quantitative estimate of drug-likeness (QED) is 0.599. The molecule has 0 saturated carbocycles. The molecule has 2 nitrogen and oxygen atoms in total. The molecule has 0 atom stereocenters. The normalized spacial score (nSPS) is 18.8. The van der Waals surface area contributed by atoms with Gasteiger partial charge >= 0.3 is 0 Å². The van der Waals surface area contributed by atoms with Gasteiger partial charge in [0.1, 0.15) is 0 Å². The molecule has 66 valence electrons. The molecule has 1 N–H and O–H groups in total. The maximum atomic E-state index is 3.42. The van der Waals surface area contributed by atoms with E-state index in [1.165, 1.54) is 39.0 Å². The van der Waals surface area contributed by atoms with Crippen molar-refractivity contribution in [1.29, 1.82) is 0 Å². The molecule has 0 aromatic rings. The summed E-state index contributed by atoms with van der Waals surface area (Å²) in [6.45, 7) is 9.53. The van der Waals surface area contributed by atoms with E-state index >= 15 is 0 Å². The Kier molecular flexibility index (Phi) is 3.87. The highest BCUT2D eigenvalue weighted by atomic mass is 15.2. The number of rotatable bonds is 5. The first-order valence-corrected chi connectivity index (χ1v) is 4.75. The van der Waals surface area contributed by atoms with E-state index in [2.05, 4.69) is 24.1 Å². The van der Waals surface area contributed by atoms with Crippen LogP contribution in [0.5, 0.6) is 0 Å². The van der Waals surface area contributed by atoms with Gasteiger partial charge in [-0.25, -0.2) is 0 Å². The van der Waals surface area contributed by atoms with Crippen LogP contribution >= 0.6 is 0 Å². The maximum absolute atomic E-state index is 3.42. The van der Waals surface area contributed by atoms with Crippen LogP contribution in [0.3, 0.4) is 0 Å². The molecule has 1 rings (SSSR count). The van der Waals surface area contributed by atoms with Crippen molar-refractivity contribution in [3.63, 3.8) is 0 Å². The SMILES string of the molecule is CC(C)NCCCN1CCC1. The lowest BCUT2D eigenvalue weighted by molar-refractivity contribution is 0.179. The van der Waals surface area contributed by atoms with Crippen molar-refractivity contribution in [2.45, 2.75) is 32.7 Å². The number of hydrogen-bond donors (Lipinski definition) is 1. The summed E-state index contributed by atoms with van der Waals surface area (Å²) in [6, 6.07) is 0.645. The standard InChI is InChI=1S/C9H20N2/c1-9(2)10-5-3-6-11-7-4-8-11/h9-10H,3-8H2,1-2H3. The number of nitrogens with one attached hydrogen (secondary N) is 1. The minimum absolute atomic E-state index is 0.645. The van der Waals surface area contributed by atoms with Gasteiger partial charge in [-0.2, -0.15) is 0 Å². The van der Waals surface area contributed by atoms with Crippen LogP contribution in [-0.2, 0) is 0 Å². The molecule has 1 heterocycles. The summed E-state index contributed by atoms with van der Waals surface area (Å²) in [5.74, 6) is 0. The summed E-state index contributed by atoms with van der Waals surface area (Å²) >= 11 is 0. The van der Waals surface area contributed by atoms with Gasteiger partial charge in [-0.1, -0.05) is 13.8 Å². The van der Waals surface area contributed by atoms with Gasteiger partial charge in [0, 0.05) is 6.04 Å². The van der Waals surface area contributed by atoms with E-state index in [0.29, 0.717) is 6.04 Å². The minimum Gasteiger partial charge on any atom is -0.314 e. The second-order valence-corrected chi connectivity index (χ2v) is 3.66. The Hall–Kier alpha value is -0.0800. The first kappa shape index (κ1) is 9.01. The second-order valence-electron chi connectivity index (χ2n) is 3.66. The van der Waals surface area contributed by atoms with Crippen molar-refractivity contribution in [2.24, 2.45) is 0 Å². The summed E-state index contributed by atoms with van der Waals surface area (Å²) in [5, 5.41) is 3.42. The van der Waals surface area contributed by atoms with E-state index in [1.54, 1.807) is 0 Å². The summed E-state index contributed by atoms with van der Waals surface area (Å²) in [5.41, 5.74) is 0. The molecule has 0 aromatic heterocycles. The van der Waals surface area contributed by atoms with Crippen molar-refractivity contribution < 1.29 is 0 Å². The highest BCUT2D eigenvalue weighted by Crippen LogP contribution is 2.04. The Morgan fingerprint density at radius 3 is 2.55 bits per heavy atom. The fourth-order valence-electron chi connectivity index (χ4n) is 1.30. The van der Waals surface area contributed by atoms with E-state index in [-0.39, 0.29) is 0 Å². The average Bonchev–Trinajstić information content (AvgIpc) is 1.82. The highest BCUT2D eigenvalue weighted by molar-refractivity contribution is 4.68. The molecule has 0 spiro atoms. The summed E-state index contributed by atoms with van der Waals surface area (Å²) in [7, 11) is 0. The molecule has 0 aromatic carbocycles. The lowest BCUT2D eigenvalue weighted by Gasteiger charge is -2.30. The van der Waals surface area contributed by atoms with Crippen molar-refractivity contribution in [2.75, 3.05) is 26.2 Å². The zero-order valence-corrected chi connectivity index (χ0v) is 7.77. The topological polar surface area (TPSA) is 15.3 Å². The van der Waals surface area contributed by atoms with Crippen LogP contribution in [-0.4, -0.2) is 37.1 Å². The molecule has 1 aliphatic rings. The third-order valence-corrected chi connectivity index (χ3v) is 2.15. The van der Waals surface area contributed by atoms with E-state index in [4.69, 9.17) is 0 Å². The molecule has 0 bridgehead atoms. The number of nitrogens with zero attached hydrogens (tertiary/aromatic N) is 1. The smallest absolute Gasteiger partial charge is 0.00103 e. The molecular formula is C9H20N2. The van der Waals surface area contributed by atoms with Crippen LogP contribution in [0.4, 0.5) is 0 Å². The molecule has 2 heteroatoms. The Morgan fingerprint density at radius 2 is 2.09 bits per heavy atom. The van der Waals surface area contributed by atoms with E-state index in [0.717, 1.165) is 0 Å². The third kappa shape index (κ3) is 3.73. The van der Waals surface area contributed by atoms with Gasteiger partial charge in [-0.3, -0.25) is 0 Å². The largest absolute Gasteiger partial charge is 0.314 e. The van der Waals surface area contributed by atoms with Gasteiger partial charge < -0.3 is 10.2 Å². The fraction of sp³-hybridized carbons (Fsp3) is 1.00. The second kappa shape index (κ2) is 4.73. The van der Waals surface area contributed by atoms with Crippen molar-refractivity contribution in [3.8, 4) is 0 Å². The van der Waals surface area contributed by atoms with E-state index < -0.39 is 0 Å². The summed E-state index contributed by atoms with van der Waals surface area (Å²) in [6.07, 6.45) is 2.72. The fourth-order valence-corrected chi connectivity index (χ4v) is 1.30. The highest BCUT2D eigenvalue weighted by Gasteiger charge is 2.11. The Morgan fingerprint density at radius 1 is 1.36 bits per heavy atom. The summed E-state index contributed by atoms with van der Waals surface area (Å²) in [4.78, 5) is 2.52. The van der Waals surface area contributed by atoms with Gasteiger partial charge in [-0.15, -0.1) is 0 Å². The van der Waals surface area contributed by atoms with Crippen LogP contribution < -0.4 is 5.32 Å². The molecule has 0 radical (unpaired) electrons. The van der Waals surface area contributed by atoms with Gasteiger partial charge in [0.2, 0.25) is 0 Å². The lowest BCUT2D eigenvalue weighted by atomic mass is 10.2. The monoisotopic (exact) mass is 156 g/mol. The Labute approximate surface area is 70.0 Å². The summed E-state index contributed by atoms with van der Waals surface area (Å²) < 4.78 is 0. The van der Waals surface area contributed by atoms with Crippen LogP contribution in [0.2, 0.25) is 0 Å². The van der Waals surface area contributed by atoms with Crippen LogP contribution in [0.25, 0.3) is 0 Å². The molecule has 0 aliphatic carbocycles. The maximum Gasteiger partial charge on any atom is 0.00103 e. The zero-order chi connectivity index (χ0) is 8.10. The number of hydrogen-bond acceptors (Lipinski definition) is 2.